The van der Waals surface area contributed by atoms with E-state index in [1.54, 1.807) is 11.3 Å². The van der Waals surface area contributed by atoms with Gasteiger partial charge in [-0.25, -0.2) is 0 Å². The summed E-state index contributed by atoms with van der Waals surface area (Å²) < 4.78 is 0. The maximum Gasteiger partial charge on any atom is 0.131 e. The number of hydrogen-bond acceptors (Lipinski definition) is 4. The van der Waals surface area contributed by atoms with Crippen molar-refractivity contribution in [3.63, 3.8) is 0 Å². The number of hydrogen-bond donors (Lipinski definition) is 1. The predicted octanol–water partition coefficient (Wildman–Crippen LogP) is 2.92. The molecule has 0 aliphatic heterocycles. The zero-order chi connectivity index (χ0) is 13.2. The van der Waals surface area contributed by atoms with Gasteiger partial charge in [0.25, 0.3) is 0 Å². The summed E-state index contributed by atoms with van der Waals surface area (Å²) >= 11 is 1.76. The first-order chi connectivity index (χ1) is 9.22. The highest BCUT2D eigenvalue weighted by molar-refractivity contribution is 7.11. The number of fused-ring (bicyclic) bond motifs is 1. The molecule has 0 bridgehead atoms. The van der Waals surface area contributed by atoms with Crippen molar-refractivity contribution in [2.75, 3.05) is 0 Å². The van der Waals surface area contributed by atoms with Crippen molar-refractivity contribution in [3.8, 4) is 0 Å². The van der Waals surface area contributed by atoms with Crippen LogP contribution >= 0.6 is 11.3 Å². The summed E-state index contributed by atoms with van der Waals surface area (Å²) in [5.74, 6) is 0.530. The van der Waals surface area contributed by atoms with Gasteiger partial charge in [0, 0.05) is 18.5 Å². The van der Waals surface area contributed by atoms with E-state index < -0.39 is 0 Å². The minimum absolute atomic E-state index is 0.489. The van der Waals surface area contributed by atoms with Gasteiger partial charge in [0.1, 0.15) is 10.0 Å². The highest BCUT2D eigenvalue weighted by atomic mass is 32.1. The quantitative estimate of drug-likeness (QED) is 0.930. The Balaban J connectivity index is 1.68. The first-order valence-corrected chi connectivity index (χ1v) is 7.66. The number of benzene rings is 1. The summed E-state index contributed by atoms with van der Waals surface area (Å²) in [5.41, 5.74) is 2.95. The molecule has 1 aromatic carbocycles. The van der Waals surface area contributed by atoms with Crippen molar-refractivity contribution in [2.24, 2.45) is 0 Å². The van der Waals surface area contributed by atoms with Gasteiger partial charge in [-0.1, -0.05) is 49.4 Å². The van der Waals surface area contributed by atoms with Crippen LogP contribution in [-0.4, -0.2) is 16.2 Å². The molecule has 0 radical (unpaired) electrons. The van der Waals surface area contributed by atoms with Gasteiger partial charge < -0.3 is 5.32 Å². The normalized spacial score (nSPS) is 15.1. The van der Waals surface area contributed by atoms with Crippen LogP contribution < -0.4 is 5.32 Å². The minimum Gasteiger partial charge on any atom is -0.308 e. The summed E-state index contributed by atoms with van der Waals surface area (Å²) in [5, 5.41) is 14.4. The molecule has 0 unspecified atom stereocenters. The highest BCUT2D eigenvalue weighted by Crippen LogP contribution is 2.34. The summed E-state index contributed by atoms with van der Waals surface area (Å²) in [7, 11) is 0. The monoisotopic (exact) mass is 273 g/mol. The molecule has 0 atom stereocenters. The SMILES string of the molecule is CC(C)NCc1nnc(C2Cc3ccccc3C2)s1. The number of nitrogens with one attached hydrogen (secondary N) is 1. The summed E-state index contributed by atoms with van der Waals surface area (Å²) in [6.45, 7) is 5.13. The third kappa shape index (κ3) is 2.85. The van der Waals surface area contributed by atoms with E-state index in [2.05, 4.69) is 53.6 Å². The van der Waals surface area contributed by atoms with Crippen molar-refractivity contribution in [2.45, 2.75) is 45.2 Å². The van der Waals surface area contributed by atoms with Crippen LogP contribution in [0.5, 0.6) is 0 Å². The van der Waals surface area contributed by atoms with Gasteiger partial charge in [-0.05, 0) is 24.0 Å². The maximum absolute atomic E-state index is 4.39. The van der Waals surface area contributed by atoms with Gasteiger partial charge in [0.2, 0.25) is 0 Å². The van der Waals surface area contributed by atoms with Crippen LogP contribution in [0.3, 0.4) is 0 Å². The zero-order valence-electron chi connectivity index (χ0n) is 11.4. The largest absolute Gasteiger partial charge is 0.308 e. The van der Waals surface area contributed by atoms with Gasteiger partial charge in [-0.3, -0.25) is 0 Å². The van der Waals surface area contributed by atoms with Crippen molar-refractivity contribution < 1.29 is 0 Å². The van der Waals surface area contributed by atoms with E-state index in [9.17, 15) is 0 Å². The van der Waals surface area contributed by atoms with Crippen LogP contribution in [0.1, 0.15) is 40.9 Å². The van der Waals surface area contributed by atoms with Gasteiger partial charge in [0.15, 0.2) is 0 Å². The average molecular weight is 273 g/mol. The molecule has 1 N–H and O–H groups in total. The molecular weight excluding hydrogens is 254 g/mol. The molecule has 0 fully saturated rings. The molecule has 1 aromatic heterocycles. The number of nitrogens with zero attached hydrogens (tertiary/aromatic N) is 2. The summed E-state index contributed by atoms with van der Waals surface area (Å²) in [4.78, 5) is 0. The first-order valence-electron chi connectivity index (χ1n) is 6.85. The second-order valence-corrected chi connectivity index (χ2v) is 6.54. The summed E-state index contributed by atoms with van der Waals surface area (Å²) in [6, 6.07) is 9.21. The van der Waals surface area contributed by atoms with Gasteiger partial charge >= 0.3 is 0 Å². The van der Waals surface area contributed by atoms with Crippen molar-refractivity contribution in [3.05, 3.63) is 45.4 Å². The van der Waals surface area contributed by atoms with Crippen LogP contribution in [0.2, 0.25) is 0 Å². The predicted molar refractivity (Wildman–Crippen MR) is 78.5 cm³/mol. The van der Waals surface area contributed by atoms with Crippen molar-refractivity contribution in [1.29, 1.82) is 0 Å². The van der Waals surface area contributed by atoms with Gasteiger partial charge in [-0.15, -0.1) is 10.2 Å². The molecule has 0 saturated carbocycles. The minimum atomic E-state index is 0.489. The standard InChI is InChI=1S/C15H19N3S/c1-10(2)16-9-14-17-18-15(19-14)13-7-11-5-3-4-6-12(11)8-13/h3-6,10,13,16H,7-9H2,1-2H3. The molecule has 19 heavy (non-hydrogen) atoms. The summed E-state index contributed by atoms with van der Waals surface area (Å²) in [6.07, 6.45) is 2.23. The molecule has 0 spiro atoms. The molecule has 2 aromatic rings. The van der Waals surface area contributed by atoms with Crippen molar-refractivity contribution in [1.82, 2.24) is 15.5 Å². The molecule has 0 amide bonds. The topological polar surface area (TPSA) is 37.8 Å². The van der Waals surface area contributed by atoms with E-state index >= 15 is 0 Å². The first kappa shape index (κ1) is 12.8. The lowest BCUT2D eigenvalue weighted by atomic mass is 10.1. The Morgan fingerprint density at radius 1 is 1.21 bits per heavy atom. The van der Waals surface area contributed by atoms with Gasteiger partial charge in [-0.2, -0.15) is 0 Å². The Bertz CT molecular complexity index is 537. The molecule has 1 aliphatic rings. The maximum atomic E-state index is 4.39. The van der Waals surface area contributed by atoms with E-state index in [0.29, 0.717) is 12.0 Å². The third-order valence-electron chi connectivity index (χ3n) is 3.54. The lowest BCUT2D eigenvalue weighted by Crippen LogP contribution is -2.21. The molecular formula is C15H19N3S. The van der Waals surface area contributed by atoms with Crippen molar-refractivity contribution >= 4 is 11.3 Å². The zero-order valence-corrected chi connectivity index (χ0v) is 12.2. The van der Waals surface area contributed by atoms with E-state index in [-0.39, 0.29) is 0 Å². The Morgan fingerprint density at radius 3 is 2.53 bits per heavy atom. The number of aromatic nitrogens is 2. The fraction of sp³-hybridized carbons (Fsp3) is 0.467. The molecule has 1 heterocycles. The molecule has 4 heteroatoms. The molecule has 1 aliphatic carbocycles. The molecule has 100 valence electrons. The van der Waals surface area contributed by atoms with Crippen LogP contribution in [0.4, 0.5) is 0 Å². The molecule has 3 nitrogen and oxygen atoms in total. The van der Waals surface area contributed by atoms with E-state index in [0.717, 1.165) is 24.4 Å². The lowest BCUT2D eigenvalue weighted by Gasteiger charge is -2.04. The Morgan fingerprint density at radius 2 is 1.89 bits per heavy atom. The van der Waals surface area contributed by atoms with Crippen LogP contribution in [0.15, 0.2) is 24.3 Å². The number of rotatable bonds is 4. The smallest absolute Gasteiger partial charge is 0.131 e. The van der Waals surface area contributed by atoms with E-state index in [1.165, 1.54) is 16.1 Å². The van der Waals surface area contributed by atoms with Crippen LogP contribution in [0, 0.1) is 0 Å². The highest BCUT2D eigenvalue weighted by Gasteiger charge is 2.25. The third-order valence-corrected chi connectivity index (χ3v) is 4.63. The van der Waals surface area contributed by atoms with Gasteiger partial charge in [0.05, 0.1) is 0 Å². The fourth-order valence-electron chi connectivity index (χ4n) is 2.53. The fourth-order valence-corrected chi connectivity index (χ4v) is 3.42. The van der Waals surface area contributed by atoms with E-state index in [4.69, 9.17) is 0 Å². The van der Waals surface area contributed by atoms with Crippen LogP contribution in [0.25, 0.3) is 0 Å². The Kier molecular flexibility index (Phi) is 3.62. The van der Waals surface area contributed by atoms with Crippen LogP contribution in [-0.2, 0) is 19.4 Å². The second-order valence-electron chi connectivity index (χ2n) is 5.44. The Labute approximate surface area is 118 Å². The molecule has 0 saturated heterocycles. The Hall–Kier alpha value is -1.26. The molecule has 3 rings (SSSR count). The second kappa shape index (κ2) is 5.39. The lowest BCUT2D eigenvalue weighted by molar-refractivity contribution is 0.584. The average Bonchev–Trinajstić information content (AvgIpc) is 3.02. The van der Waals surface area contributed by atoms with E-state index in [1.807, 2.05) is 0 Å².